The average Bonchev–Trinajstić information content (AvgIpc) is 2.81. The third-order valence-corrected chi connectivity index (χ3v) is 3.92. The molecule has 1 aromatic carbocycles. The van der Waals surface area contributed by atoms with Crippen molar-refractivity contribution in [2.24, 2.45) is 0 Å². The van der Waals surface area contributed by atoms with E-state index in [2.05, 4.69) is 15.3 Å². The molecule has 0 unspecified atom stereocenters. The number of rotatable bonds is 3. The summed E-state index contributed by atoms with van der Waals surface area (Å²) in [6, 6.07) is 6.54. The molecule has 0 atom stereocenters. The monoisotopic (exact) mass is 273 g/mol. The average molecular weight is 273 g/mol. The molecule has 96 valence electrons. The largest absolute Gasteiger partial charge is 0.379 e. The molecule has 0 radical (unpaired) electrons. The van der Waals surface area contributed by atoms with E-state index in [4.69, 9.17) is 0 Å². The Balaban J connectivity index is 1.91. The van der Waals surface area contributed by atoms with Crippen molar-refractivity contribution in [3.05, 3.63) is 52.4 Å². The number of halogens is 1. The topological polar surface area (TPSA) is 37.8 Å². The number of thiazole rings is 1. The maximum absolute atomic E-state index is 13.2. The molecular weight excluding hydrogens is 261 g/mol. The summed E-state index contributed by atoms with van der Waals surface area (Å²) >= 11 is 1.63. The molecule has 0 saturated heterocycles. The van der Waals surface area contributed by atoms with E-state index in [1.54, 1.807) is 23.6 Å². The molecule has 2 aromatic heterocycles. The van der Waals surface area contributed by atoms with Crippen LogP contribution in [0.4, 0.5) is 10.1 Å². The van der Waals surface area contributed by atoms with Crippen LogP contribution >= 0.6 is 11.3 Å². The first-order valence-electron chi connectivity index (χ1n) is 5.91. The van der Waals surface area contributed by atoms with E-state index in [1.807, 2.05) is 18.5 Å². The van der Waals surface area contributed by atoms with Gasteiger partial charge in [0.25, 0.3) is 0 Å². The van der Waals surface area contributed by atoms with E-state index < -0.39 is 0 Å². The molecule has 0 aliphatic carbocycles. The molecule has 0 aliphatic heterocycles. The molecule has 0 spiro atoms. The number of nitrogens with zero attached hydrogens (tertiary/aromatic N) is 2. The highest BCUT2D eigenvalue weighted by Gasteiger charge is 2.05. The molecule has 0 fully saturated rings. The van der Waals surface area contributed by atoms with Gasteiger partial charge in [-0.15, -0.1) is 11.3 Å². The first-order valence-corrected chi connectivity index (χ1v) is 6.79. The van der Waals surface area contributed by atoms with Crippen LogP contribution in [-0.2, 0) is 6.54 Å². The van der Waals surface area contributed by atoms with Crippen LogP contribution in [0.2, 0.25) is 0 Å². The number of fused-ring (bicyclic) bond motifs is 1. The lowest BCUT2D eigenvalue weighted by Crippen LogP contribution is -2.00. The lowest BCUT2D eigenvalue weighted by Gasteiger charge is -2.08. The van der Waals surface area contributed by atoms with Crippen LogP contribution in [0.25, 0.3) is 10.9 Å². The highest BCUT2D eigenvalue weighted by atomic mass is 32.1. The van der Waals surface area contributed by atoms with Crippen LogP contribution in [0.5, 0.6) is 0 Å². The van der Waals surface area contributed by atoms with Gasteiger partial charge in [0.15, 0.2) is 0 Å². The van der Waals surface area contributed by atoms with Gasteiger partial charge in [0, 0.05) is 28.2 Å². The standard InChI is InChI=1S/C14H12FN3S/c1-9-14(19-8-18-9)7-17-12-4-5-16-13-6-10(15)2-3-11(12)13/h2-6,8H,7H2,1H3,(H,16,17). The summed E-state index contributed by atoms with van der Waals surface area (Å²) in [5.74, 6) is -0.268. The van der Waals surface area contributed by atoms with Crippen molar-refractivity contribution < 1.29 is 4.39 Å². The Kier molecular flexibility index (Phi) is 3.13. The molecule has 3 rings (SSSR count). The molecule has 19 heavy (non-hydrogen) atoms. The van der Waals surface area contributed by atoms with E-state index >= 15 is 0 Å². The predicted octanol–water partition coefficient (Wildman–Crippen LogP) is 3.75. The second kappa shape index (κ2) is 4.93. The molecule has 0 bridgehead atoms. The second-order valence-corrected chi connectivity index (χ2v) is 5.17. The summed E-state index contributed by atoms with van der Waals surface area (Å²) in [7, 11) is 0. The van der Waals surface area contributed by atoms with Gasteiger partial charge in [-0.25, -0.2) is 9.37 Å². The Morgan fingerprint density at radius 3 is 2.95 bits per heavy atom. The van der Waals surface area contributed by atoms with Gasteiger partial charge in [0.2, 0.25) is 0 Å². The predicted molar refractivity (Wildman–Crippen MR) is 75.9 cm³/mol. The molecule has 3 aromatic rings. The maximum atomic E-state index is 13.2. The van der Waals surface area contributed by atoms with Gasteiger partial charge in [-0.1, -0.05) is 0 Å². The van der Waals surface area contributed by atoms with Gasteiger partial charge >= 0.3 is 0 Å². The number of aromatic nitrogens is 2. The van der Waals surface area contributed by atoms with E-state index in [1.165, 1.54) is 17.0 Å². The van der Waals surface area contributed by atoms with E-state index in [9.17, 15) is 4.39 Å². The van der Waals surface area contributed by atoms with Gasteiger partial charge < -0.3 is 5.32 Å². The smallest absolute Gasteiger partial charge is 0.125 e. The number of pyridine rings is 1. The summed E-state index contributed by atoms with van der Waals surface area (Å²) in [5, 5.41) is 4.28. The van der Waals surface area contributed by atoms with Crippen LogP contribution in [0.15, 0.2) is 36.0 Å². The van der Waals surface area contributed by atoms with E-state index in [0.29, 0.717) is 12.1 Å². The Morgan fingerprint density at radius 1 is 1.26 bits per heavy atom. The SMILES string of the molecule is Cc1ncsc1CNc1ccnc2cc(F)ccc12. The molecule has 2 heterocycles. The molecule has 1 N–H and O–H groups in total. The minimum atomic E-state index is -0.268. The normalized spacial score (nSPS) is 10.8. The summed E-state index contributed by atoms with van der Waals surface area (Å²) in [5.41, 5.74) is 4.50. The number of hydrogen-bond donors (Lipinski definition) is 1. The summed E-state index contributed by atoms with van der Waals surface area (Å²) in [4.78, 5) is 9.60. The van der Waals surface area contributed by atoms with Crippen LogP contribution in [0, 0.1) is 12.7 Å². The summed E-state index contributed by atoms with van der Waals surface area (Å²) < 4.78 is 13.2. The lowest BCUT2D eigenvalue weighted by molar-refractivity contribution is 0.629. The fraction of sp³-hybridized carbons (Fsp3) is 0.143. The van der Waals surface area contributed by atoms with E-state index in [0.717, 1.165) is 16.8 Å². The molecule has 0 aliphatic rings. The number of aryl methyl sites for hydroxylation is 1. The first-order chi connectivity index (χ1) is 9.24. The molecule has 3 nitrogen and oxygen atoms in total. The molecule has 0 amide bonds. The van der Waals surface area contributed by atoms with Gasteiger partial charge in [-0.2, -0.15) is 0 Å². The number of anilines is 1. The number of hydrogen-bond acceptors (Lipinski definition) is 4. The van der Waals surface area contributed by atoms with Crippen molar-refractivity contribution in [2.45, 2.75) is 13.5 Å². The van der Waals surface area contributed by atoms with Crippen molar-refractivity contribution in [3.63, 3.8) is 0 Å². The number of nitrogens with one attached hydrogen (secondary N) is 1. The fourth-order valence-electron chi connectivity index (χ4n) is 1.95. The minimum Gasteiger partial charge on any atom is -0.379 e. The third-order valence-electron chi connectivity index (χ3n) is 2.99. The van der Waals surface area contributed by atoms with Gasteiger partial charge in [-0.3, -0.25) is 4.98 Å². The Labute approximate surface area is 114 Å². The van der Waals surface area contributed by atoms with Crippen molar-refractivity contribution in [1.29, 1.82) is 0 Å². The Hall–Kier alpha value is -2.01. The quantitative estimate of drug-likeness (QED) is 0.789. The van der Waals surface area contributed by atoms with Crippen LogP contribution in [0.3, 0.4) is 0 Å². The van der Waals surface area contributed by atoms with Crippen molar-refractivity contribution in [2.75, 3.05) is 5.32 Å². The Morgan fingerprint density at radius 2 is 2.16 bits per heavy atom. The zero-order valence-electron chi connectivity index (χ0n) is 10.4. The highest BCUT2D eigenvalue weighted by Crippen LogP contribution is 2.23. The zero-order chi connectivity index (χ0) is 13.2. The highest BCUT2D eigenvalue weighted by molar-refractivity contribution is 7.09. The lowest BCUT2D eigenvalue weighted by atomic mass is 10.2. The van der Waals surface area contributed by atoms with Crippen molar-refractivity contribution in [1.82, 2.24) is 9.97 Å². The molecular formula is C14H12FN3S. The zero-order valence-corrected chi connectivity index (χ0v) is 11.2. The van der Waals surface area contributed by atoms with Crippen molar-refractivity contribution in [3.8, 4) is 0 Å². The number of benzene rings is 1. The van der Waals surface area contributed by atoms with Gasteiger partial charge in [0.1, 0.15) is 5.82 Å². The molecule has 0 saturated carbocycles. The second-order valence-electron chi connectivity index (χ2n) is 4.23. The first kappa shape index (κ1) is 12.0. The summed E-state index contributed by atoms with van der Waals surface area (Å²) in [6.07, 6.45) is 1.68. The minimum absolute atomic E-state index is 0.268. The summed E-state index contributed by atoms with van der Waals surface area (Å²) in [6.45, 7) is 2.71. The van der Waals surface area contributed by atoms with Crippen molar-refractivity contribution >= 4 is 27.9 Å². The van der Waals surface area contributed by atoms with Crippen LogP contribution in [0.1, 0.15) is 10.6 Å². The van der Waals surface area contributed by atoms with E-state index in [-0.39, 0.29) is 5.82 Å². The van der Waals surface area contributed by atoms with Gasteiger partial charge in [-0.05, 0) is 25.1 Å². The third kappa shape index (κ3) is 2.42. The Bertz CT molecular complexity index is 724. The fourth-order valence-corrected chi connectivity index (χ4v) is 2.66. The molecule has 5 heteroatoms. The van der Waals surface area contributed by atoms with Gasteiger partial charge in [0.05, 0.1) is 23.3 Å². The maximum Gasteiger partial charge on any atom is 0.125 e. The van der Waals surface area contributed by atoms with Crippen LogP contribution < -0.4 is 5.32 Å². The van der Waals surface area contributed by atoms with Crippen LogP contribution in [-0.4, -0.2) is 9.97 Å².